The molecule has 29 heavy (non-hydrogen) atoms. The van der Waals surface area contributed by atoms with E-state index in [0.29, 0.717) is 11.3 Å². The van der Waals surface area contributed by atoms with Crippen molar-refractivity contribution in [3.63, 3.8) is 0 Å². The molecule has 3 aromatic carbocycles. The molecule has 0 atom stereocenters. The van der Waals surface area contributed by atoms with Gasteiger partial charge in [0.2, 0.25) is 0 Å². The fourth-order valence-electron chi connectivity index (χ4n) is 3.47. The second kappa shape index (κ2) is 7.37. The molecule has 0 aliphatic rings. The summed E-state index contributed by atoms with van der Waals surface area (Å²) in [6.07, 6.45) is -4.36. The third kappa shape index (κ3) is 3.63. The Morgan fingerprint density at radius 1 is 0.759 bits per heavy atom. The molecule has 0 saturated carbocycles. The molecule has 6 heteroatoms. The first-order valence-corrected chi connectivity index (χ1v) is 11.6. The van der Waals surface area contributed by atoms with E-state index in [1.54, 1.807) is 0 Å². The summed E-state index contributed by atoms with van der Waals surface area (Å²) in [6, 6.07) is 27.1. The second-order valence-corrected chi connectivity index (χ2v) is 10.9. The fourth-order valence-corrected chi connectivity index (χ4v) is 6.75. The van der Waals surface area contributed by atoms with Crippen molar-refractivity contribution in [1.82, 2.24) is 5.16 Å². The van der Waals surface area contributed by atoms with Gasteiger partial charge in [-0.25, -0.2) is 0 Å². The molecule has 0 radical (unpaired) electrons. The van der Waals surface area contributed by atoms with E-state index in [0.717, 1.165) is 17.5 Å². The van der Waals surface area contributed by atoms with Crippen LogP contribution in [0.5, 0.6) is 0 Å². The molecule has 2 nitrogen and oxygen atoms in total. The first-order valence-electron chi connectivity index (χ1n) is 9.15. The Morgan fingerprint density at radius 3 is 1.76 bits per heavy atom. The monoisotopic (exact) mass is 409 g/mol. The van der Waals surface area contributed by atoms with E-state index in [1.807, 2.05) is 42.5 Å². The van der Waals surface area contributed by atoms with Gasteiger partial charge in [0.1, 0.15) is 11.1 Å². The van der Waals surface area contributed by atoms with Gasteiger partial charge in [0.05, 0.1) is 5.56 Å². The van der Waals surface area contributed by atoms with E-state index in [9.17, 15) is 13.2 Å². The summed E-state index contributed by atoms with van der Waals surface area (Å²) in [5.41, 5.74) is 0.433. The van der Waals surface area contributed by atoms with E-state index >= 15 is 0 Å². The van der Waals surface area contributed by atoms with Crippen molar-refractivity contribution in [2.45, 2.75) is 12.7 Å². The Labute approximate surface area is 167 Å². The number of hydrogen-bond acceptors (Lipinski definition) is 2. The third-order valence-corrected chi connectivity index (χ3v) is 9.41. The number of aromatic nitrogens is 1. The van der Waals surface area contributed by atoms with Gasteiger partial charge >= 0.3 is 6.18 Å². The maximum atomic E-state index is 12.8. The maximum absolute atomic E-state index is 12.8. The molecule has 0 unspecified atom stereocenters. The van der Waals surface area contributed by atoms with Crippen molar-refractivity contribution in [3.05, 3.63) is 96.6 Å². The van der Waals surface area contributed by atoms with Crippen LogP contribution in [0, 0.1) is 0 Å². The highest BCUT2D eigenvalue weighted by molar-refractivity contribution is 7.10. The summed E-state index contributed by atoms with van der Waals surface area (Å²) in [5, 5.41) is 7.26. The second-order valence-electron chi connectivity index (χ2n) is 7.01. The van der Waals surface area contributed by atoms with Gasteiger partial charge in [0, 0.05) is 11.6 Å². The number of nitrogens with zero attached hydrogens (tertiary/aromatic N) is 1. The maximum Gasteiger partial charge on any atom is 0.416 e. The summed E-state index contributed by atoms with van der Waals surface area (Å²) in [5.74, 6) is 0. The van der Waals surface area contributed by atoms with Crippen LogP contribution >= 0.6 is 0 Å². The van der Waals surface area contributed by atoms with E-state index in [2.05, 4.69) is 36.0 Å². The Kier molecular flexibility index (Phi) is 4.88. The van der Waals surface area contributed by atoms with Crippen LogP contribution in [0.4, 0.5) is 13.2 Å². The minimum atomic E-state index is -4.36. The Morgan fingerprint density at radius 2 is 1.28 bits per heavy atom. The molecule has 146 valence electrons. The molecule has 0 N–H and O–H groups in total. The quantitative estimate of drug-likeness (QED) is 0.465. The van der Waals surface area contributed by atoms with E-state index in [-0.39, 0.29) is 0 Å². The zero-order valence-electron chi connectivity index (χ0n) is 15.6. The summed E-state index contributed by atoms with van der Waals surface area (Å²) in [4.78, 5) is 0. The molecule has 0 fully saturated rings. The number of alkyl halides is 3. The number of rotatable bonds is 4. The van der Waals surface area contributed by atoms with Gasteiger partial charge < -0.3 is 4.52 Å². The molecule has 0 spiro atoms. The lowest BCUT2D eigenvalue weighted by Crippen LogP contribution is -2.64. The van der Waals surface area contributed by atoms with E-state index < -0.39 is 19.8 Å². The van der Waals surface area contributed by atoms with Crippen LogP contribution in [0.2, 0.25) is 6.55 Å². The van der Waals surface area contributed by atoms with Crippen molar-refractivity contribution in [1.29, 1.82) is 0 Å². The zero-order valence-corrected chi connectivity index (χ0v) is 16.6. The van der Waals surface area contributed by atoms with E-state index in [1.165, 1.54) is 22.5 Å². The van der Waals surface area contributed by atoms with Crippen LogP contribution in [-0.2, 0) is 6.18 Å². The standard InChI is InChI=1S/C23H18F3NOSi/c1-29(19-8-4-2-5-9-19,20-10-6-3-7-11-20)22-16-21(27-28-22)17-12-14-18(15-13-17)23(24,25)26/h2-16H,1H3. The minimum Gasteiger partial charge on any atom is -0.365 e. The summed E-state index contributed by atoms with van der Waals surface area (Å²) < 4.78 is 44.3. The summed E-state index contributed by atoms with van der Waals surface area (Å²) in [6.45, 7) is 2.19. The molecule has 0 aliphatic heterocycles. The zero-order chi connectivity index (χ0) is 20.5. The number of halogens is 3. The van der Waals surface area contributed by atoms with Gasteiger partial charge in [-0.1, -0.05) is 84.5 Å². The first-order chi connectivity index (χ1) is 13.9. The lowest BCUT2D eigenvalue weighted by Gasteiger charge is -2.25. The molecular formula is C23H18F3NOSi. The average Bonchev–Trinajstić information content (AvgIpc) is 3.25. The highest BCUT2D eigenvalue weighted by Crippen LogP contribution is 2.30. The molecule has 4 aromatic rings. The summed E-state index contributed by atoms with van der Waals surface area (Å²) >= 11 is 0. The van der Waals surface area contributed by atoms with Gasteiger partial charge in [-0.3, -0.25) is 0 Å². The van der Waals surface area contributed by atoms with Crippen LogP contribution in [-0.4, -0.2) is 13.2 Å². The highest BCUT2D eigenvalue weighted by Gasteiger charge is 2.38. The normalized spacial score (nSPS) is 12.1. The Balaban J connectivity index is 1.78. The molecule has 1 aromatic heterocycles. The van der Waals surface area contributed by atoms with Crippen molar-refractivity contribution in [2.24, 2.45) is 0 Å². The average molecular weight is 409 g/mol. The molecule has 1 heterocycles. The predicted octanol–water partition coefficient (Wildman–Crippen LogP) is 4.46. The Bertz CT molecular complexity index is 1050. The highest BCUT2D eigenvalue weighted by atomic mass is 28.3. The van der Waals surface area contributed by atoms with Gasteiger partial charge in [0.15, 0.2) is 8.07 Å². The summed E-state index contributed by atoms with van der Waals surface area (Å²) in [7, 11) is -2.44. The van der Waals surface area contributed by atoms with E-state index in [4.69, 9.17) is 4.52 Å². The number of hydrogen-bond donors (Lipinski definition) is 0. The van der Waals surface area contributed by atoms with Crippen LogP contribution in [0.25, 0.3) is 11.3 Å². The van der Waals surface area contributed by atoms with Crippen LogP contribution < -0.4 is 15.8 Å². The van der Waals surface area contributed by atoms with Crippen LogP contribution in [0.15, 0.2) is 95.5 Å². The van der Waals surface area contributed by atoms with Crippen molar-refractivity contribution in [3.8, 4) is 11.3 Å². The molecule has 0 bridgehead atoms. The van der Waals surface area contributed by atoms with Crippen molar-refractivity contribution < 1.29 is 17.7 Å². The first kappa shape index (κ1) is 19.2. The predicted molar refractivity (Wildman–Crippen MR) is 110 cm³/mol. The molecule has 4 rings (SSSR count). The topological polar surface area (TPSA) is 26.0 Å². The molecule has 0 saturated heterocycles. The van der Waals surface area contributed by atoms with Crippen molar-refractivity contribution >= 4 is 23.8 Å². The fraction of sp³-hybridized carbons (Fsp3) is 0.0870. The Hall–Kier alpha value is -3.12. The van der Waals surface area contributed by atoms with Gasteiger partial charge in [-0.15, -0.1) is 0 Å². The van der Waals surface area contributed by atoms with Gasteiger partial charge in [0.25, 0.3) is 0 Å². The minimum absolute atomic E-state index is 0.527. The molecule has 0 amide bonds. The molecular weight excluding hydrogens is 391 g/mol. The van der Waals surface area contributed by atoms with Gasteiger partial charge in [-0.2, -0.15) is 13.2 Å². The third-order valence-electron chi connectivity index (χ3n) is 5.21. The smallest absolute Gasteiger partial charge is 0.365 e. The SMILES string of the molecule is C[Si](c1ccccc1)(c1ccccc1)c1cc(-c2ccc(C(F)(F)F)cc2)no1. The number of benzene rings is 3. The van der Waals surface area contributed by atoms with Crippen LogP contribution in [0.1, 0.15) is 5.56 Å². The van der Waals surface area contributed by atoms with Gasteiger partial charge in [-0.05, 0) is 22.5 Å². The van der Waals surface area contributed by atoms with Crippen molar-refractivity contribution in [2.75, 3.05) is 0 Å². The molecule has 0 aliphatic carbocycles. The lowest BCUT2D eigenvalue weighted by molar-refractivity contribution is -0.137. The largest absolute Gasteiger partial charge is 0.416 e. The van der Waals surface area contributed by atoms with Crippen LogP contribution in [0.3, 0.4) is 0 Å². The lowest BCUT2D eigenvalue weighted by atomic mass is 10.1.